The molecule has 10 heavy (non-hydrogen) atoms. The Kier molecular flexibility index (Phi) is 6.18. The third-order valence-corrected chi connectivity index (χ3v) is 1.33. The van der Waals surface area contributed by atoms with E-state index in [1.54, 1.807) is 0 Å². The van der Waals surface area contributed by atoms with Crippen molar-refractivity contribution in [2.75, 3.05) is 6.61 Å². The molecule has 0 aromatic heterocycles. The predicted molar refractivity (Wildman–Crippen MR) is 39.4 cm³/mol. The molecule has 0 fully saturated rings. The summed E-state index contributed by atoms with van der Waals surface area (Å²) in [7, 11) is 0. The van der Waals surface area contributed by atoms with E-state index < -0.39 is 0 Å². The van der Waals surface area contributed by atoms with Gasteiger partial charge in [-0.3, -0.25) is 4.79 Å². The lowest BCUT2D eigenvalue weighted by molar-refractivity contribution is -0.118. The molecule has 1 amide bonds. The van der Waals surface area contributed by atoms with Crippen molar-refractivity contribution in [1.82, 2.24) is 0 Å². The number of rotatable bonds is 6. The Labute approximate surface area is 61.2 Å². The highest BCUT2D eigenvalue weighted by atomic mass is 16.2. The van der Waals surface area contributed by atoms with Crippen LogP contribution in [0.1, 0.15) is 32.1 Å². The van der Waals surface area contributed by atoms with E-state index >= 15 is 0 Å². The maximum absolute atomic E-state index is 10.2. The fraction of sp³-hybridized carbons (Fsp3) is 0.857. The lowest BCUT2D eigenvalue weighted by Gasteiger charge is -1.95. The zero-order chi connectivity index (χ0) is 7.82. The average molecular weight is 145 g/mol. The normalized spacial score (nSPS) is 9.70. The number of hydrogen-bond donors (Lipinski definition) is 2. The second kappa shape index (κ2) is 6.55. The van der Waals surface area contributed by atoms with Crippen LogP contribution in [-0.4, -0.2) is 17.6 Å². The Balaban J connectivity index is 2.84. The molecule has 60 valence electrons. The number of primary amides is 1. The molecule has 3 nitrogen and oxygen atoms in total. The molecular formula is C7H15NO2. The van der Waals surface area contributed by atoms with Crippen LogP contribution in [0.25, 0.3) is 0 Å². The predicted octanol–water partition coefficient (Wildman–Crippen LogP) is 0.414. The Hall–Kier alpha value is -0.570. The van der Waals surface area contributed by atoms with E-state index in [0.717, 1.165) is 25.7 Å². The molecule has 0 unspecified atom stereocenters. The van der Waals surface area contributed by atoms with Gasteiger partial charge in [0.15, 0.2) is 0 Å². The van der Waals surface area contributed by atoms with E-state index in [0.29, 0.717) is 6.42 Å². The van der Waals surface area contributed by atoms with Gasteiger partial charge in [-0.05, 0) is 12.8 Å². The standard InChI is InChI=1S/C7H15NO2/c8-7(10)5-3-1-2-4-6-9/h9H,1-6H2,(H2,8,10). The van der Waals surface area contributed by atoms with Gasteiger partial charge < -0.3 is 10.8 Å². The first-order chi connectivity index (χ1) is 4.77. The number of carbonyl (C=O) groups excluding carboxylic acids is 1. The van der Waals surface area contributed by atoms with Gasteiger partial charge in [0, 0.05) is 13.0 Å². The van der Waals surface area contributed by atoms with Crippen molar-refractivity contribution in [2.24, 2.45) is 5.73 Å². The molecule has 3 N–H and O–H groups in total. The molecule has 3 heteroatoms. The van der Waals surface area contributed by atoms with E-state index in [9.17, 15) is 4.79 Å². The van der Waals surface area contributed by atoms with Crippen molar-refractivity contribution in [3.05, 3.63) is 0 Å². The first-order valence-electron chi connectivity index (χ1n) is 3.66. The van der Waals surface area contributed by atoms with Crippen LogP contribution in [0.4, 0.5) is 0 Å². The summed E-state index contributed by atoms with van der Waals surface area (Å²) in [6, 6.07) is 0. The van der Waals surface area contributed by atoms with Crippen molar-refractivity contribution in [3.8, 4) is 0 Å². The summed E-state index contributed by atoms with van der Waals surface area (Å²) in [5, 5.41) is 8.38. The summed E-state index contributed by atoms with van der Waals surface area (Å²) >= 11 is 0. The quantitative estimate of drug-likeness (QED) is 0.532. The monoisotopic (exact) mass is 145 g/mol. The van der Waals surface area contributed by atoms with Gasteiger partial charge in [0.1, 0.15) is 0 Å². The van der Waals surface area contributed by atoms with E-state index in [1.165, 1.54) is 0 Å². The van der Waals surface area contributed by atoms with E-state index in [4.69, 9.17) is 10.8 Å². The van der Waals surface area contributed by atoms with Crippen LogP contribution in [-0.2, 0) is 4.79 Å². The second-order valence-corrected chi connectivity index (χ2v) is 2.35. The first-order valence-corrected chi connectivity index (χ1v) is 3.66. The van der Waals surface area contributed by atoms with Crippen molar-refractivity contribution in [2.45, 2.75) is 32.1 Å². The van der Waals surface area contributed by atoms with E-state index in [1.807, 2.05) is 0 Å². The average Bonchev–Trinajstić information content (AvgIpc) is 1.87. The van der Waals surface area contributed by atoms with Crippen LogP contribution in [0.15, 0.2) is 0 Å². The summed E-state index contributed by atoms with van der Waals surface area (Å²) in [5.41, 5.74) is 4.92. The third kappa shape index (κ3) is 7.43. The van der Waals surface area contributed by atoms with Gasteiger partial charge in [0.2, 0.25) is 5.91 Å². The van der Waals surface area contributed by atoms with Gasteiger partial charge in [-0.25, -0.2) is 0 Å². The van der Waals surface area contributed by atoms with Crippen LogP contribution >= 0.6 is 0 Å². The number of aliphatic hydroxyl groups excluding tert-OH is 1. The Morgan fingerprint density at radius 2 is 1.80 bits per heavy atom. The molecule has 0 aromatic rings. The summed E-state index contributed by atoms with van der Waals surface area (Å²) in [6.07, 6.45) is 4.15. The SMILES string of the molecule is NC(=O)CCCCCCO. The van der Waals surface area contributed by atoms with E-state index in [-0.39, 0.29) is 12.5 Å². The van der Waals surface area contributed by atoms with Gasteiger partial charge in [-0.2, -0.15) is 0 Å². The molecule has 0 radical (unpaired) electrons. The van der Waals surface area contributed by atoms with Gasteiger partial charge >= 0.3 is 0 Å². The molecule has 0 aliphatic carbocycles. The smallest absolute Gasteiger partial charge is 0.217 e. The first kappa shape index (κ1) is 9.43. The van der Waals surface area contributed by atoms with Gasteiger partial charge in [0.25, 0.3) is 0 Å². The second-order valence-electron chi connectivity index (χ2n) is 2.35. The van der Waals surface area contributed by atoms with Gasteiger partial charge in [-0.1, -0.05) is 12.8 Å². The molecule has 0 spiro atoms. The maximum Gasteiger partial charge on any atom is 0.217 e. The molecule has 0 heterocycles. The molecule has 0 aromatic carbocycles. The van der Waals surface area contributed by atoms with Crippen molar-refractivity contribution < 1.29 is 9.90 Å². The van der Waals surface area contributed by atoms with E-state index in [2.05, 4.69) is 0 Å². The van der Waals surface area contributed by atoms with Crippen molar-refractivity contribution >= 4 is 5.91 Å². The molecule has 0 rings (SSSR count). The number of carbonyl (C=O) groups is 1. The number of amides is 1. The van der Waals surface area contributed by atoms with Crippen LogP contribution in [0.2, 0.25) is 0 Å². The van der Waals surface area contributed by atoms with Crippen LogP contribution in [0.5, 0.6) is 0 Å². The lowest BCUT2D eigenvalue weighted by Crippen LogP contribution is -2.09. The minimum Gasteiger partial charge on any atom is -0.396 e. The summed E-state index contributed by atoms with van der Waals surface area (Å²) < 4.78 is 0. The number of nitrogens with two attached hydrogens (primary N) is 1. The molecular weight excluding hydrogens is 130 g/mol. The highest BCUT2D eigenvalue weighted by Crippen LogP contribution is 2.01. The fourth-order valence-corrected chi connectivity index (χ4v) is 0.765. The summed E-state index contributed by atoms with van der Waals surface area (Å²) in [4.78, 5) is 10.2. The minimum absolute atomic E-state index is 0.232. The Morgan fingerprint density at radius 1 is 1.20 bits per heavy atom. The largest absolute Gasteiger partial charge is 0.396 e. The summed E-state index contributed by atoms with van der Waals surface area (Å²) in [5.74, 6) is -0.232. The molecule has 0 saturated carbocycles. The van der Waals surface area contributed by atoms with Crippen LogP contribution in [0, 0.1) is 0 Å². The molecule has 0 bridgehead atoms. The molecule has 0 atom stereocenters. The van der Waals surface area contributed by atoms with Gasteiger partial charge in [0.05, 0.1) is 0 Å². The highest BCUT2D eigenvalue weighted by Gasteiger charge is 1.93. The number of aliphatic hydroxyl groups is 1. The van der Waals surface area contributed by atoms with Gasteiger partial charge in [-0.15, -0.1) is 0 Å². The highest BCUT2D eigenvalue weighted by molar-refractivity contribution is 5.73. The zero-order valence-electron chi connectivity index (χ0n) is 6.18. The van der Waals surface area contributed by atoms with Crippen molar-refractivity contribution in [1.29, 1.82) is 0 Å². The third-order valence-electron chi connectivity index (χ3n) is 1.33. The Bertz CT molecular complexity index is 93.6. The molecule has 0 aliphatic rings. The fourth-order valence-electron chi connectivity index (χ4n) is 0.765. The number of hydrogen-bond acceptors (Lipinski definition) is 2. The summed E-state index contributed by atoms with van der Waals surface area (Å²) in [6.45, 7) is 0.247. The van der Waals surface area contributed by atoms with Crippen LogP contribution < -0.4 is 5.73 Å². The maximum atomic E-state index is 10.2. The van der Waals surface area contributed by atoms with Crippen LogP contribution in [0.3, 0.4) is 0 Å². The Morgan fingerprint density at radius 3 is 2.30 bits per heavy atom. The van der Waals surface area contributed by atoms with Crippen molar-refractivity contribution in [3.63, 3.8) is 0 Å². The lowest BCUT2D eigenvalue weighted by atomic mass is 10.1. The molecule has 0 aliphatic heterocycles. The number of unbranched alkanes of at least 4 members (excludes halogenated alkanes) is 3. The minimum atomic E-state index is -0.232. The zero-order valence-corrected chi connectivity index (χ0v) is 6.18. The topological polar surface area (TPSA) is 63.3 Å². The molecule has 0 saturated heterocycles.